The average molecular weight is 338 g/mol. The molecule has 3 aromatic heterocycles. The van der Waals surface area contributed by atoms with Crippen molar-refractivity contribution in [3.05, 3.63) is 34.8 Å². The second-order valence-corrected chi connectivity index (χ2v) is 7.53. The van der Waals surface area contributed by atoms with Gasteiger partial charge in [-0.1, -0.05) is 48.8 Å². The molecule has 0 saturated heterocycles. The SMILES string of the molecule is Cc1c(-c2nnc3sc(C4CCCCC4)nn23)oc2ccccc12. The van der Waals surface area contributed by atoms with E-state index in [4.69, 9.17) is 9.52 Å². The first-order chi connectivity index (χ1) is 11.8. The van der Waals surface area contributed by atoms with Crippen molar-refractivity contribution in [2.75, 3.05) is 0 Å². The number of hydrogen-bond acceptors (Lipinski definition) is 5. The van der Waals surface area contributed by atoms with Crippen molar-refractivity contribution in [2.24, 2.45) is 0 Å². The zero-order chi connectivity index (χ0) is 16.1. The quantitative estimate of drug-likeness (QED) is 0.518. The zero-order valence-corrected chi connectivity index (χ0v) is 14.3. The van der Waals surface area contributed by atoms with Gasteiger partial charge in [-0.3, -0.25) is 0 Å². The molecular weight excluding hydrogens is 320 g/mol. The van der Waals surface area contributed by atoms with Gasteiger partial charge in [0.25, 0.3) is 0 Å². The minimum atomic E-state index is 0.579. The average Bonchev–Trinajstić information content (AvgIpc) is 3.29. The smallest absolute Gasteiger partial charge is 0.235 e. The van der Waals surface area contributed by atoms with Gasteiger partial charge in [-0.25, -0.2) is 0 Å². The number of hydrogen-bond donors (Lipinski definition) is 0. The van der Waals surface area contributed by atoms with Gasteiger partial charge in [0.15, 0.2) is 5.76 Å². The molecule has 3 heterocycles. The Kier molecular flexibility index (Phi) is 3.19. The Morgan fingerprint density at radius 3 is 2.79 bits per heavy atom. The first kappa shape index (κ1) is 14.2. The van der Waals surface area contributed by atoms with Crippen LogP contribution in [0.1, 0.15) is 48.6 Å². The highest BCUT2D eigenvalue weighted by Crippen LogP contribution is 2.37. The second kappa shape index (κ2) is 5.41. The van der Waals surface area contributed by atoms with Crippen LogP contribution in [-0.4, -0.2) is 19.8 Å². The van der Waals surface area contributed by atoms with Crippen molar-refractivity contribution in [3.8, 4) is 11.6 Å². The third kappa shape index (κ3) is 2.09. The van der Waals surface area contributed by atoms with E-state index in [9.17, 15) is 0 Å². The molecule has 4 aromatic rings. The van der Waals surface area contributed by atoms with E-state index in [2.05, 4.69) is 23.2 Å². The largest absolute Gasteiger partial charge is 0.452 e. The van der Waals surface area contributed by atoms with Gasteiger partial charge in [-0.05, 0) is 25.8 Å². The molecule has 1 aromatic carbocycles. The fourth-order valence-corrected chi connectivity index (χ4v) is 4.68. The van der Waals surface area contributed by atoms with Crippen LogP contribution < -0.4 is 0 Å². The number of aryl methyl sites for hydroxylation is 1. The molecule has 122 valence electrons. The maximum Gasteiger partial charge on any atom is 0.235 e. The molecular formula is C18H18N4OS. The maximum atomic E-state index is 6.05. The topological polar surface area (TPSA) is 56.2 Å². The van der Waals surface area contributed by atoms with E-state index in [1.54, 1.807) is 11.3 Å². The van der Waals surface area contributed by atoms with Crippen LogP contribution in [0.4, 0.5) is 0 Å². The number of para-hydroxylation sites is 1. The van der Waals surface area contributed by atoms with Gasteiger partial charge in [0.1, 0.15) is 10.6 Å². The number of furan rings is 1. The lowest BCUT2D eigenvalue weighted by atomic mass is 9.90. The second-order valence-electron chi connectivity index (χ2n) is 6.55. The Hall–Kier alpha value is -2.21. The van der Waals surface area contributed by atoms with Gasteiger partial charge >= 0.3 is 0 Å². The van der Waals surface area contributed by atoms with Crippen LogP contribution in [0, 0.1) is 6.92 Å². The third-order valence-corrected chi connectivity index (χ3v) is 6.07. The monoisotopic (exact) mass is 338 g/mol. The summed E-state index contributed by atoms with van der Waals surface area (Å²) in [5.74, 6) is 2.05. The summed E-state index contributed by atoms with van der Waals surface area (Å²) in [5, 5.41) is 15.8. The Morgan fingerprint density at radius 1 is 1.12 bits per heavy atom. The van der Waals surface area contributed by atoms with E-state index in [0.29, 0.717) is 11.7 Å². The highest BCUT2D eigenvalue weighted by atomic mass is 32.1. The van der Waals surface area contributed by atoms with Crippen LogP contribution in [0.3, 0.4) is 0 Å². The molecule has 1 aliphatic carbocycles. The Morgan fingerprint density at radius 2 is 1.96 bits per heavy atom. The molecule has 24 heavy (non-hydrogen) atoms. The minimum Gasteiger partial charge on any atom is -0.452 e. The van der Waals surface area contributed by atoms with Crippen LogP contribution in [0.25, 0.3) is 27.5 Å². The number of fused-ring (bicyclic) bond motifs is 2. The van der Waals surface area contributed by atoms with Crippen molar-refractivity contribution < 1.29 is 4.42 Å². The number of benzene rings is 1. The Labute approximate surface area is 143 Å². The predicted octanol–water partition coefficient (Wildman–Crippen LogP) is 4.96. The summed E-state index contributed by atoms with van der Waals surface area (Å²) in [6, 6.07) is 8.07. The van der Waals surface area contributed by atoms with Gasteiger partial charge in [0, 0.05) is 16.9 Å². The van der Waals surface area contributed by atoms with Gasteiger partial charge in [0.05, 0.1) is 0 Å². The van der Waals surface area contributed by atoms with Crippen LogP contribution >= 0.6 is 11.3 Å². The fourth-order valence-electron chi connectivity index (χ4n) is 3.68. The molecule has 5 nitrogen and oxygen atoms in total. The highest BCUT2D eigenvalue weighted by Gasteiger charge is 2.24. The number of nitrogens with zero attached hydrogens (tertiary/aromatic N) is 4. The molecule has 0 amide bonds. The van der Waals surface area contributed by atoms with E-state index in [-0.39, 0.29) is 0 Å². The Bertz CT molecular complexity index is 1020. The minimum absolute atomic E-state index is 0.579. The maximum absolute atomic E-state index is 6.05. The van der Waals surface area contributed by atoms with Crippen molar-refractivity contribution >= 4 is 27.3 Å². The summed E-state index contributed by atoms with van der Waals surface area (Å²) in [5.41, 5.74) is 1.97. The van der Waals surface area contributed by atoms with Crippen molar-refractivity contribution in [3.63, 3.8) is 0 Å². The molecule has 1 aliphatic rings. The molecule has 0 N–H and O–H groups in total. The third-order valence-electron chi connectivity index (χ3n) is 5.01. The van der Waals surface area contributed by atoms with Crippen molar-refractivity contribution in [2.45, 2.75) is 44.9 Å². The molecule has 1 saturated carbocycles. The van der Waals surface area contributed by atoms with Crippen LogP contribution in [0.15, 0.2) is 28.7 Å². The molecule has 5 rings (SSSR count). The summed E-state index contributed by atoms with van der Waals surface area (Å²) in [7, 11) is 0. The van der Waals surface area contributed by atoms with Crippen molar-refractivity contribution in [1.29, 1.82) is 0 Å². The fraction of sp³-hybridized carbons (Fsp3) is 0.389. The molecule has 0 spiro atoms. The first-order valence-electron chi connectivity index (χ1n) is 8.52. The summed E-state index contributed by atoms with van der Waals surface area (Å²) in [6.45, 7) is 2.07. The van der Waals surface area contributed by atoms with Crippen LogP contribution in [-0.2, 0) is 0 Å². The van der Waals surface area contributed by atoms with Crippen LogP contribution in [0.5, 0.6) is 0 Å². The standard InChI is InChI=1S/C18H18N4OS/c1-11-13-9-5-6-10-14(13)23-15(11)16-19-20-18-22(16)21-17(24-18)12-7-3-2-4-8-12/h5-6,9-10,12H,2-4,7-8H2,1H3. The number of rotatable bonds is 2. The lowest BCUT2D eigenvalue weighted by Gasteiger charge is -2.18. The summed E-state index contributed by atoms with van der Waals surface area (Å²) in [4.78, 5) is 0.852. The molecule has 0 aliphatic heterocycles. The number of aromatic nitrogens is 4. The molecule has 1 fully saturated rings. The Balaban J connectivity index is 1.63. The molecule has 0 bridgehead atoms. The van der Waals surface area contributed by atoms with E-state index >= 15 is 0 Å². The molecule has 6 heteroatoms. The van der Waals surface area contributed by atoms with E-state index in [1.807, 2.05) is 22.7 Å². The normalized spacial score (nSPS) is 16.4. The summed E-state index contributed by atoms with van der Waals surface area (Å²) in [6.07, 6.45) is 6.44. The lowest BCUT2D eigenvalue weighted by Crippen LogP contribution is -2.05. The lowest BCUT2D eigenvalue weighted by molar-refractivity contribution is 0.439. The van der Waals surface area contributed by atoms with Crippen molar-refractivity contribution in [1.82, 2.24) is 19.8 Å². The first-order valence-corrected chi connectivity index (χ1v) is 9.33. The van der Waals surface area contributed by atoms with Gasteiger partial charge < -0.3 is 4.42 Å². The van der Waals surface area contributed by atoms with Gasteiger partial charge in [-0.2, -0.15) is 9.61 Å². The van der Waals surface area contributed by atoms with Crippen LogP contribution in [0.2, 0.25) is 0 Å². The van der Waals surface area contributed by atoms with E-state index < -0.39 is 0 Å². The van der Waals surface area contributed by atoms with E-state index in [0.717, 1.165) is 27.3 Å². The van der Waals surface area contributed by atoms with Gasteiger partial charge in [0.2, 0.25) is 10.8 Å². The predicted molar refractivity (Wildman–Crippen MR) is 94.4 cm³/mol. The zero-order valence-electron chi connectivity index (χ0n) is 13.5. The van der Waals surface area contributed by atoms with Gasteiger partial charge in [-0.15, -0.1) is 10.2 Å². The summed E-state index contributed by atoms with van der Waals surface area (Å²) >= 11 is 1.67. The van der Waals surface area contributed by atoms with E-state index in [1.165, 1.54) is 37.1 Å². The molecule has 0 atom stereocenters. The molecule has 0 radical (unpaired) electrons. The molecule has 0 unspecified atom stereocenters. The highest BCUT2D eigenvalue weighted by molar-refractivity contribution is 7.16. The summed E-state index contributed by atoms with van der Waals surface area (Å²) < 4.78 is 7.91.